The van der Waals surface area contributed by atoms with E-state index in [2.05, 4.69) is 35.7 Å². The predicted octanol–water partition coefficient (Wildman–Crippen LogP) is 4.28. The average molecular weight is 370 g/mol. The largest absolute Gasteiger partial charge is 0.361 e. The fraction of sp³-hybridized carbons (Fsp3) is 0.217. The lowest BCUT2D eigenvalue weighted by Crippen LogP contribution is -2.42. The molecule has 0 saturated carbocycles. The molecule has 0 fully saturated rings. The molecule has 28 heavy (non-hydrogen) atoms. The van der Waals surface area contributed by atoms with E-state index < -0.39 is 0 Å². The van der Waals surface area contributed by atoms with Crippen LogP contribution in [0.3, 0.4) is 0 Å². The van der Waals surface area contributed by atoms with Crippen LogP contribution in [0.4, 0.5) is 5.69 Å². The zero-order chi connectivity index (χ0) is 19.8. The minimum atomic E-state index is -0.336. The van der Waals surface area contributed by atoms with Crippen LogP contribution in [0, 0.1) is 25.2 Å². The standard InChI is InChI=1S/C23H22N4O/c1-15-8-10-17(11-9-15)14-27-22(20-12-18(13-24)26(3)16(20)2)25-21-7-5-4-6-19(21)23(27)28/h4-12,22,25H,14H2,1-3H3/t22-/m1/s1. The Labute approximate surface area is 164 Å². The Hall–Kier alpha value is -3.52. The second-order valence-corrected chi connectivity index (χ2v) is 7.25. The van der Waals surface area contributed by atoms with Gasteiger partial charge in [0.25, 0.3) is 5.91 Å². The van der Waals surface area contributed by atoms with Crippen molar-refractivity contribution < 1.29 is 4.79 Å². The lowest BCUT2D eigenvalue weighted by atomic mass is 10.0. The van der Waals surface area contributed by atoms with E-state index in [9.17, 15) is 10.1 Å². The number of anilines is 1. The molecule has 2 heterocycles. The van der Waals surface area contributed by atoms with Gasteiger partial charge in [0.2, 0.25) is 0 Å². The summed E-state index contributed by atoms with van der Waals surface area (Å²) in [4.78, 5) is 15.2. The van der Waals surface area contributed by atoms with Crippen LogP contribution in [-0.2, 0) is 13.6 Å². The number of nitriles is 1. The molecule has 0 bridgehead atoms. The number of aryl methyl sites for hydroxylation is 1. The van der Waals surface area contributed by atoms with E-state index in [0.717, 1.165) is 22.5 Å². The van der Waals surface area contributed by atoms with Crippen LogP contribution in [0.5, 0.6) is 0 Å². The number of rotatable bonds is 3. The van der Waals surface area contributed by atoms with Gasteiger partial charge in [-0.25, -0.2) is 0 Å². The first-order chi connectivity index (χ1) is 13.5. The summed E-state index contributed by atoms with van der Waals surface area (Å²) < 4.78 is 1.87. The first-order valence-electron chi connectivity index (χ1n) is 9.28. The number of para-hydroxylation sites is 1. The molecule has 2 aromatic carbocycles. The summed E-state index contributed by atoms with van der Waals surface area (Å²) in [7, 11) is 1.88. The van der Waals surface area contributed by atoms with Gasteiger partial charge in [0.1, 0.15) is 17.9 Å². The van der Waals surface area contributed by atoms with Crippen molar-refractivity contribution in [1.82, 2.24) is 9.47 Å². The summed E-state index contributed by atoms with van der Waals surface area (Å²) in [6.45, 7) is 4.52. The van der Waals surface area contributed by atoms with Crippen LogP contribution >= 0.6 is 0 Å². The van der Waals surface area contributed by atoms with Crippen molar-refractivity contribution in [3.63, 3.8) is 0 Å². The van der Waals surface area contributed by atoms with Gasteiger partial charge in [-0.1, -0.05) is 42.0 Å². The van der Waals surface area contributed by atoms with Gasteiger partial charge in [0.15, 0.2) is 0 Å². The highest BCUT2D eigenvalue weighted by atomic mass is 16.2. The summed E-state index contributed by atoms with van der Waals surface area (Å²) in [5, 5.41) is 12.9. The first-order valence-corrected chi connectivity index (χ1v) is 9.28. The number of hydrogen-bond acceptors (Lipinski definition) is 3. The SMILES string of the molecule is Cc1ccc(CN2C(=O)c3ccccc3N[C@H]2c2cc(C#N)n(C)c2C)cc1. The normalized spacial score (nSPS) is 15.7. The predicted molar refractivity (Wildman–Crippen MR) is 109 cm³/mol. The Balaban J connectivity index is 1.80. The van der Waals surface area contributed by atoms with Crippen molar-refractivity contribution in [3.8, 4) is 6.07 Å². The zero-order valence-corrected chi connectivity index (χ0v) is 16.2. The quantitative estimate of drug-likeness (QED) is 0.748. The summed E-state index contributed by atoms with van der Waals surface area (Å²) in [6.07, 6.45) is -0.336. The van der Waals surface area contributed by atoms with Gasteiger partial charge in [-0.2, -0.15) is 5.26 Å². The summed E-state index contributed by atoms with van der Waals surface area (Å²) in [5.41, 5.74) is 6.23. The molecule has 0 saturated heterocycles. The van der Waals surface area contributed by atoms with Crippen LogP contribution < -0.4 is 5.32 Å². The van der Waals surface area contributed by atoms with Crippen molar-refractivity contribution in [2.24, 2.45) is 7.05 Å². The summed E-state index contributed by atoms with van der Waals surface area (Å²) in [5.74, 6) is -0.0123. The third-order valence-corrected chi connectivity index (χ3v) is 5.48. The van der Waals surface area contributed by atoms with E-state index in [1.807, 2.05) is 60.7 Å². The van der Waals surface area contributed by atoms with Crippen molar-refractivity contribution in [3.05, 3.63) is 88.2 Å². The lowest BCUT2D eigenvalue weighted by molar-refractivity contribution is 0.0666. The molecule has 0 unspecified atom stereocenters. The molecule has 1 aliphatic rings. The monoisotopic (exact) mass is 370 g/mol. The van der Waals surface area contributed by atoms with E-state index in [1.165, 1.54) is 5.56 Å². The molecule has 0 spiro atoms. The molecule has 1 atom stereocenters. The van der Waals surface area contributed by atoms with Crippen molar-refractivity contribution in [2.75, 3.05) is 5.32 Å². The molecule has 1 aromatic heterocycles. The van der Waals surface area contributed by atoms with Gasteiger partial charge < -0.3 is 14.8 Å². The fourth-order valence-corrected chi connectivity index (χ4v) is 3.70. The Morgan fingerprint density at radius 1 is 1.11 bits per heavy atom. The second kappa shape index (κ2) is 6.90. The molecule has 0 aliphatic carbocycles. The minimum absolute atomic E-state index is 0.0123. The highest BCUT2D eigenvalue weighted by Crippen LogP contribution is 2.36. The number of carbonyl (C=O) groups is 1. The first kappa shape index (κ1) is 17.9. The summed E-state index contributed by atoms with van der Waals surface area (Å²) >= 11 is 0. The molecule has 1 N–H and O–H groups in total. The van der Waals surface area contributed by atoms with Gasteiger partial charge in [-0.3, -0.25) is 4.79 Å². The average Bonchev–Trinajstić information content (AvgIpc) is 3.00. The highest BCUT2D eigenvalue weighted by molar-refractivity contribution is 6.01. The number of nitrogens with one attached hydrogen (secondary N) is 1. The maximum absolute atomic E-state index is 13.4. The molecular weight excluding hydrogens is 348 g/mol. The molecule has 5 heteroatoms. The van der Waals surface area contributed by atoms with Crippen LogP contribution in [-0.4, -0.2) is 15.4 Å². The smallest absolute Gasteiger partial charge is 0.258 e. The van der Waals surface area contributed by atoms with Crippen LogP contribution in [0.2, 0.25) is 0 Å². The van der Waals surface area contributed by atoms with Gasteiger partial charge in [0, 0.05) is 30.5 Å². The third-order valence-electron chi connectivity index (χ3n) is 5.48. The number of fused-ring (bicyclic) bond motifs is 1. The van der Waals surface area contributed by atoms with Crippen molar-refractivity contribution in [2.45, 2.75) is 26.6 Å². The van der Waals surface area contributed by atoms with E-state index in [1.54, 1.807) is 0 Å². The van der Waals surface area contributed by atoms with Gasteiger partial charge >= 0.3 is 0 Å². The lowest BCUT2D eigenvalue weighted by Gasteiger charge is -2.38. The van der Waals surface area contributed by atoms with Gasteiger partial charge in [0.05, 0.1) is 5.56 Å². The third kappa shape index (κ3) is 2.93. The number of aromatic nitrogens is 1. The Morgan fingerprint density at radius 2 is 1.82 bits per heavy atom. The molecule has 3 aromatic rings. The van der Waals surface area contributed by atoms with Crippen molar-refractivity contribution >= 4 is 11.6 Å². The number of benzene rings is 2. The van der Waals surface area contributed by atoms with Gasteiger partial charge in [-0.05, 0) is 37.6 Å². The molecule has 4 rings (SSSR count). The zero-order valence-electron chi connectivity index (χ0n) is 16.2. The van der Waals surface area contributed by atoms with Crippen LogP contribution in [0.25, 0.3) is 0 Å². The van der Waals surface area contributed by atoms with Crippen molar-refractivity contribution in [1.29, 1.82) is 5.26 Å². The molecule has 1 amide bonds. The Morgan fingerprint density at radius 3 is 2.50 bits per heavy atom. The topological polar surface area (TPSA) is 61.1 Å². The van der Waals surface area contributed by atoms with E-state index in [4.69, 9.17) is 0 Å². The number of hydrogen-bond donors (Lipinski definition) is 1. The highest BCUT2D eigenvalue weighted by Gasteiger charge is 2.34. The minimum Gasteiger partial charge on any atom is -0.361 e. The summed E-state index contributed by atoms with van der Waals surface area (Å²) in [6, 6.07) is 19.9. The Bertz CT molecular complexity index is 1090. The second-order valence-electron chi connectivity index (χ2n) is 7.25. The molecular formula is C23H22N4O. The molecule has 1 aliphatic heterocycles. The molecule has 0 radical (unpaired) electrons. The number of nitrogens with zero attached hydrogens (tertiary/aromatic N) is 3. The maximum atomic E-state index is 13.4. The maximum Gasteiger partial charge on any atom is 0.258 e. The van der Waals surface area contributed by atoms with E-state index in [-0.39, 0.29) is 12.1 Å². The fourth-order valence-electron chi connectivity index (χ4n) is 3.70. The molecule has 140 valence electrons. The van der Waals surface area contributed by atoms with Gasteiger partial charge in [-0.15, -0.1) is 0 Å². The number of carbonyl (C=O) groups excluding carboxylic acids is 1. The van der Waals surface area contributed by atoms with Crippen LogP contribution in [0.15, 0.2) is 54.6 Å². The van der Waals surface area contributed by atoms with Crippen LogP contribution in [0.1, 0.15) is 44.6 Å². The number of amides is 1. The van der Waals surface area contributed by atoms with E-state index >= 15 is 0 Å². The molecule has 5 nitrogen and oxygen atoms in total. The Kier molecular flexibility index (Phi) is 4.40. The van der Waals surface area contributed by atoms with E-state index in [0.29, 0.717) is 17.8 Å².